The SMILES string of the molecule is COc1c(O/C(=C/N)c2cnccn2)cnc2nc(Nc3cc(C4CC4)cn([C@@H](C)CC#N)c3=O)n(C)c12. The minimum Gasteiger partial charge on any atom is -0.491 e. The number of pyridine rings is 2. The van der Waals surface area contributed by atoms with Gasteiger partial charge in [0.2, 0.25) is 5.95 Å². The van der Waals surface area contributed by atoms with Gasteiger partial charge in [-0.2, -0.15) is 10.2 Å². The van der Waals surface area contributed by atoms with Gasteiger partial charge in [-0.05, 0) is 37.3 Å². The van der Waals surface area contributed by atoms with Crippen molar-refractivity contribution in [1.82, 2.24) is 29.1 Å². The van der Waals surface area contributed by atoms with Crippen molar-refractivity contribution < 1.29 is 9.47 Å². The van der Waals surface area contributed by atoms with Crippen LogP contribution < -0.4 is 26.1 Å². The van der Waals surface area contributed by atoms with E-state index in [9.17, 15) is 4.79 Å². The molecule has 4 aromatic heterocycles. The summed E-state index contributed by atoms with van der Waals surface area (Å²) in [7, 11) is 3.31. The van der Waals surface area contributed by atoms with E-state index in [0.29, 0.717) is 45.9 Å². The molecule has 4 heterocycles. The number of aromatic nitrogens is 6. The number of nitrogens with zero attached hydrogens (tertiary/aromatic N) is 7. The van der Waals surface area contributed by atoms with Gasteiger partial charge in [-0.15, -0.1) is 0 Å². The molecule has 1 aliphatic rings. The molecular formula is C26H27N9O3. The van der Waals surface area contributed by atoms with Crippen molar-refractivity contribution in [2.75, 3.05) is 12.4 Å². The Balaban J connectivity index is 1.54. The number of nitrogens with two attached hydrogens (primary N) is 1. The second kappa shape index (κ2) is 10.2. The predicted octanol–water partition coefficient (Wildman–Crippen LogP) is 3.36. The third-order valence-corrected chi connectivity index (χ3v) is 6.43. The van der Waals surface area contributed by atoms with E-state index in [1.807, 2.05) is 19.2 Å². The van der Waals surface area contributed by atoms with E-state index in [1.54, 1.807) is 22.4 Å². The molecule has 1 aliphatic carbocycles. The Morgan fingerprint density at radius 1 is 1.34 bits per heavy atom. The smallest absolute Gasteiger partial charge is 0.274 e. The number of methoxy groups -OCH3 is 1. The fourth-order valence-electron chi connectivity index (χ4n) is 4.25. The predicted molar refractivity (Wildman–Crippen MR) is 141 cm³/mol. The highest BCUT2D eigenvalue weighted by Gasteiger charge is 2.27. The minimum atomic E-state index is -0.257. The number of imidazole rings is 1. The first-order valence-corrected chi connectivity index (χ1v) is 12.1. The van der Waals surface area contributed by atoms with E-state index in [0.717, 1.165) is 18.4 Å². The zero-order valence-electron chi connectivity index (χ0n) is 21.3. The average molecular weight is 514 g/mol. The Hall–Kier alpha value is -4.92. The van der Waals surface area contributed by atoms with Crippen molar-refractivity contribution >= 4 is 28.6 Å². The first-order valence-electron chi connectivity index (χ1n) is 12.1. The molecule has 12 heteroatoms. The molecule has 1 saturated carbocycles. The maximum absolute atomic E-state index is 13.3. The summed E-state index contributed by atoms with van der Waals surface area (Å²) in [6.45, 7) is 1.86. The molecule has 0 amide bonds. The summed E-state index contributed by atoms with van der Waals surface area (Å²) in [5, 5.41) is 12.4. The second-order valence-corrected chi connectivity index (χ2v) is 9.06. The van der Waals surface area contributed by atoms with Crippen molar-refractivity contribution in [3.05, 3.63) is 64.9 Å². The van der Waals surface area contributed by atoms with Crippen LogP contribution in [0.3, 0.4) is 0 Å². The van der Waals surface area contributed by atoms with Crippen LogP contribution in [0.4, 0.5) is 11.6 Å². The molecule has 0 aromatic carbocycles. The van der Waals surface area contributed by atoms with Crippen LogP contribution in [0, 0.1) is 11.3 Å². The highest BCUT2D eigenvalue weighted by Crippen LogP contribution is 2.41. The second-order valence-electron chi connectivity index (χ2n) is 9.06. The van der Waals surface area contributed by atoms with Gasteiger partial charge in [0.1, 0.15) is 16.9 Å². The molecule has 0 spiro atoms. The molecule has 3 N–H and O–H groups in total. The molecule has 4 aromatic rings. The molecule has 0 unspecified atom stereocenters. The van der Waals surface area contributed by atoms with Crippen molar-refractivity contribution in [1.29, 1.82) is 5.26 Å². The largest absolute Gasteiger partial charge is 0.491 e. The quantitative estimate of drug-likeness (QED) is 0.318. The lowest BCUT2D eigenvalue weighted by Gasteiger charge is -2.16. The lowest BCUT2D eigenvalue weighted by molar-refractivity contribution is 0.387. The van der Waals surface area contributed by atoms with Gasteiger partial charge < -0.3 is 29.7 Å². The van der Waals surface area contributed by atoms with Gasteiger partial charge in [-0.3, -0.25) is 9.78 Å². The Bertz CT molecular complexity index is 1620. The fourth-order valence-corrected chi connectivity index (χ4v) is 4.25. The van der Waals surface area contributed by atoms with E-state index < -0.39 is 0 Å². The number of fused-ring (bicyclic) bond motifs is 1. The molecule has 1 fully saturated rings. The third kappa shape index (κ3) is 4.61. The van der Waals surface area contributed by atoms with E-state index in [4.69, 9.17) is 20.5 Å². The van der Waals surface area contributed by atoms with Gasteiger partial charge in [-0.25, -0.2) is 9.97 Å². The Morgan fingerprint density at radius 3 is 2.82 bits per heavy atom. The lowest BCUT2D eigenvalue weighted by Crippen LogP contribution is -2.26. The lowest BCUT2D eigenvalue weighted by atomic mass is 10.1. The van der Waals surface area contributed by atoms with Crippen LogP contribution in [-0.2, 0) is 7.05 Å². The molecule has 194 valence electrons. The highest BCUT2D eigenvalue weighted by molar-refractivity contribution is 5.85. The van der Waals surface area contributed by atoms with E-state index in [1.165, 1.54) is 31.9 Å². The topological polar surface area (TPSA) is 159 Å². The molecule has 0 aliphatic heterocycles. The average Bonchev–Trinajstić information content (AvgIpc) is 3.73. The van der Waals surface area contributed by atoms with Crippen LogP contribution in [-0.4, -0.2) is 36.2 Å². The first kappa shape index (κ1) is 24.8. The Morgan fingerprint density at radius 2 is 2.16 bits per heavy atom. The van der Waals surface area contributed by atoms with Crippen molar-refractivity contribution in [3.63, 3.8) is 0 Å². The number of anilines is 2. The summed E-state index contributed by atoms with van der Waals surface area (Å²) in [4.78, 5) is 30.7. The highest BCUT2D eigenvalue weighted by atomic mass is 16.5. The molecule has 38 heavy (non-hydrogen) atoms. The Labute approximate surface area is 218 Å². The van der Waals surface area contributed by atoms with Crippen LogP contribution in [0.5, 0.6) is 11.5 Å². The first-order chi connectivity index (χ1) is 18.4. The number of ether oxygens (including phenoxy) is 2. The standard InChI is InChI=1S/C26H27N9O3/c1-15(6-7-27)35-14-17(16-4-5-16)10-18(25(35)36)32-26-33-24-22(34(26)2)23(37-3)21(13-31-24)38-20(11-28)19-12-29-8-9-30-19/h8-16H,4-6,28H2,1-3H3,(H,31,32,33)/b20-11+/t15-/m0/s1. The van der Waals surface area contributed by atoms with Crippen LogP contribution in [0.25, 0.3) is 16.9 Å². The zero-order valence-corrected chi connectivity index (χ0v) is 21.3. The Kier molecular flexibility index (Phi) is 6.66. The number of nitriles is 1. The van der Waals surface area contributed by atoms with Crippen LogP contribution in [0.2, 0.25) is 0 Å². The molecule has 0 radical (unpaired) electrons. The summed E-state index contributed by atoms with van der Waals surface area (Å²) in [5.74, 6) is 1.78. The van der Waals surface area contributed by atoms with Gasteiger partial charge in [0, 0.05) is 37.9 Å². The van der Waals surface area contributed by atoms with Crippen LogP contribution >= 0.6 is 0 Å². The van der Waals surface area contributed by atoms with Crippen molar-refractivity contribution in [2.24, 2.45) is 12.8 Å². The van der Waals surface area contributed by atoms with Gasteiger partial charge in [0.15, 0.2) is 22.9 Å². The summed E-state index contributed by atoms with van der Waals surface area (Å²) in [5.41, 5.74) is 8.40. The zero-order chi connectivity index (χ0) is 26.8. The summed E-state index contributed by atoms with van der Waals surface area (Å²) >= 11 is 0. The van der Waals surface area contributed by atoms with Gasteiger partial charge >= 0.3 is 0 Å². The molecule has 12 nitrogen and oxygen atoms in total. The van der Waals surface area contributed by atoms with E-state index in [2.05, 4.69) is 31.3 Å². The number of hydrogen-bond donors (Lipinski definition) is 2. The number of aryl methyl sites for hydroxylation is 1. The molecule has 5 rings (SSSR count). The molecular weight excluding hydrogens is 486 g/mol. The van der Waals surface area contributed by atoms with E-state index >= 15 is 0 Å². The van der Waals surface area contributed by atoms with Gasteiger partial charge in [0.05, 0.1) is 32.0 Å². The summed E-state index contributed by atoms with van der Waals surface area (Å²) < 4.78 is 15.1. The van der Waals surface area contributed by atoms with Crippen molar-refractivity contribution in [2.45, 2.75) is 38.1 Å². The van der Waals surface area contributed by atoms with Gasteiger partial charge in [0.25, 0.3) is 5.56 Å². The maximum Gasteiger partial charge on any atom is 0.274 e. The summed E-state index contributed by atoms with van der Waals surface area (Å²) in [6.07, 6.45) is 11.7. The number of hydrogen-bond acceptors (Lipinski definition) is 10. The van der Waals surface area contributed by atoms with E-state index in [-0.39, 0.29) is 23.8 Å². The molecule has 0 saturated heterocycles. The van der Waals surface area contributed by atoms with Crippen molar-refractivity contribution in [3.8, 4) is 17.6 Å². The monoisotopic (exact) mass is 513 g/mol. The van der Waals surface area contributed by atoms with Crippen LogP contribution in [0.1, 0.15) is 49.4 Å². The van der Waals surface area contributed by atoms with Gasteiger partial charge in [-0.1, -0.05) is 0 Å². The van der Waals surface area contributed by atoms with Crippen LogP contribution in [0.15, 0.2) is 48.0 Å². The summed E-state index contributed by atoms with van der Waals surface area (Å²) in [6, 6.07) is 3.76. The number of rotatable bonds is 9. The fraction of sp³-hybridized carbons (Fsp3) is 0.308. The molecule has 1 atom stereocenters. The molecule has 0 bridgehead atoms. The maximum atomic E-state index is 13.3. The number of nitrogens with one attached hydrogen (secondary N) is 1. The third-order valence-electron chi connectivity index (χ3n) is 6.43. The normalized spacial score (nSPS) is 14.2. The minimum absolute atomic E-state index is 0.227.